The predicted octanol–water partition coefficient (Wildman–Crippen LogP) is 1.67. The van der Waals surface area contributed by atoms with Gasteiger partial charge in [-0.05, 0) is 53.8 Å². The van der Waals surface area contributed by atoms with Crippen molar-refractivity contribution in [3.8, 4) is 0 Å². The highest BCUT2D eigenvalue weighted by atomic mass is 32.3. The fourth-order valence-corrected chi connectivity index (χ4v) is 4.12. The Morgan fingerprint density at radius 2 is 1.71 bits per heavy atom. The molecule has 0 unspecified atom stereocenters. The third kappa shape index (κ3) is 7.44. The summed E-state index contributed by atoms with van der Waals surface area (Å²) in [7, 11) is -1.80. The Morgan fingerprint density at radius 1 is 1.08 bits per heavy atom. The smallest absolute Gasteiger partial charge is 0.347 e. The molecule has 0 aliphatic heterocycles. The minimum atomic E-state index is -4.41. The zero-order valence-electron chi connectivity index (χ0n) is 20.3. The van der Waals surface area contributed by atoms with Crippen LogP contribution in [0, 0.1) is 0 Å². The Morgan fingerprint density at radius 3 is 2.26 bits per heavy atom. The van der Waals surface area contributed by atoms with E-state index in [9.17, 15) is 33.1 Å². The summed E-state index contributed by atoms with van der Waals surface area (Å²) < 4.78 is 32.8. The van der Waals surface area contributed by atoms with Crippen molar-refractivity contribution in [1.29, 1.82) is 0 Å². The molecule has 0 saturated heterocycles. The van der Waals surface area contributed by atoms with Crippen molar-refractivity contribution < 1.29 is 41.8 Å². The number of benzene rings is 2. The molecule has 202 valence electrons. The van der Waals surface area contributed by atoms with E-state index in [-0.39, 0.29) is 18.8 Å². The molecule has 0 fully saturated rings. The van der Waals surface area contributed by atoms with Crippen LogP contribution in [-0.2, 0) is 21.6 Å². The van der Waals surface area contributed by atoms with Gasteiger partial charge in [-0.15, -0.1) is 0 Å². The zero-order valence-corrected chi connectivity index (χ0v) is 21.9. The van der Waals surface area contributed by atoms with Crippen molar-refractivity contribution in [2.45, 2.75) is 0 Å². The maximum absolute atomic E-state index is 11.2. The van der Waals surface area contributed by atoms with Crippen LogP contribution in [0.1, 0.15) is 10.4 Å². The summed E-state index contributed by atoms with van der Waals surface area (Å²) >= 11 is 1.34. The van der Waals surface area contributed by atoms with Gasteiger partial charge in [0, 0.05) is 23.9 Å². The molecule has 0 aliphatic carbocycles. The first-order chi connectivity index (χ1) is 18.1. The predicted molar refractivity (Wildman–Crippen MR) is 137 cm³/mol. The van der Waals surface area contributed by atoms with E-state index in [4.69, 9.17) is 0 Å². The van der Waals surface area contributed by atoms with Crippen LogP contribution in [-0.4, -0.2) is 77.6 Å². The fourth-order valence-electron chi connectivity index (χ4n) is 3.22. The number of aromatic nitrogens is 3. The number of aliphatic hydroxyl groups is 2. The van der Waals surface area contributed by atoms with Gasteiger partial charge in [0.15, 0.2) is 10.3 Å². The first-order valence-electron chi connectivity index (χ1n) is 10.9. The monoisotopic (exact) mass is 564 g/mol. The molecule has 2 aromatic carbocycles. The van der Waals surface area contributed by atoms with Gasteiger partial charge in [-0.25, -0.2) is 22.8 Å². The lowest BCUT2D eigenvalue weighted by molar-refractivity contribution is -0.629. The molecular formula is C22H24N6O8S2. The molecule has 0 amide bonds. The van der Waals surface area contributed by atoms with E-state index in [1.165, 1.54) is 23.5 Å². The minimum absolute atomic E-state index is 0.00139. The largest absolute Gasteiger partial charge is 0.726 e. The second kappa shape index (κ2) is 12.7. The molecule has 0 aliphatic rings. The Hall–Kier alpha value is -3.67. The number of azo groups is 1. The van der Waals surface area contributed by atoms with Gasteiger partial charge in [0.25, 0.3) is 0 Å². The number of nitrogens with zero attached hydrogens (tertiary/aromatic N) is 6. The third-order valence-electron chi connectivity index (χ3n) is 5.06. The summed E-state index contributed by atoms with van der Waals surface area (Å²) in [5.41, 5.74) is 3.39. The Kier molecular flexibility index (Phi) is 9.67. The number of aromatic carboxylic acids is 1. The van der Waals surface area contributed by atoms with Crippen LogP contribution < -0.4 is 9.47 Å². The van der Waals surface area contributed by atoms with Gasteiger partial charge in [0.2, 0.25) is 10.4 Å². The topological polar surface area (TPSA) is 202 Å². The Balaban J connectivity index is 0.000000599. The average molecular weight is 565 g/mol. The van der Waals surface area contributed by atoms with Gasteiger partial charge in [-0.2, -0.15) is 0 Å². The maximum Gasteiger partial charge on any atom is 0.347 e. The lowest BCUT2D eigenvalue weighted by Gasteiger charge is -2.22. The van der Waals surface area contributed by atoms with Crippen molar-refractivity contribution in [2.24, 2.45) is 17.3 Å². The van der Waals surface area contributed by atoms with Crippen LogP contribution in [0.4, 0.5) is 16.5 Å². The fraction of sp³-hybridized carbons (Fsp3) is 0.273. The first kappa shape index (κ1) is 28.9. The summed E-state index contributed by atoms with van der Waals surface area (Å²) in [6, 6.07) is 12.0. The summed E-state index contributed by atoms with van der Waals surface area (Å²) in [4.78, 5) is 22.9. The lowest BCUT2D eigenvalue weighted by Crippen LogP contribution is -2.29. The Labute approximate surface area is 221 Å². The van der Waals surface area contributed by atoms with Gasteiger partial charge in [0.1, 0.15) is 11.2 Å². The number of hydrogen-bond acceptors (Lipinski definition) is 13. The van der Waals surface area contributed by atoms with Crippen molar-refractivity contribution in [3.05, 3.63) is 48.0 Å². The van der Waals surface area contributed by atoms with E-state index in [0.717, 1.165) is 12.8 Å². The van der Waals surface area contributed by atoms with Crippen LogP contribution in [0.2, 0.25) is 0 Å². The molecule has 4 aromatic rings. The molecule has 0 saturated carbocycles. The summed E-state index contributed by atoms with van der Waals surface area (Å²) in [6.07, 6.45) is 0. The van der Waals surface area contributed by atoms with Crippen molar-refractivity contribution >= 4 is 65.7 Å². The highest BCUT2D eigenvalue weighted by molar-refractivity contribution is 7.80. The number of carboxylic acid groups (broad SMARTS) is 1. The summed E-state index contributed by atoms with van der Waals surface area (Å²) in [6.45, 7) is 0.861. The third-order valence-corrected chi connectivity index (χ3v) is 6.48. The minimum Gasteiger partial charge on any atom is -0.726 e. The molecule has 3 N–H and O–H groups in total. The van der Waals surface area contributed by atoms with E-state index in [0.29, 0.717) is 45.4 Å². The van der Waals surface area contributed by atoms with E-state index in [1.807, 2.05) is 29.2 Å². The van der Waals surface area contributed by atoms with Crippen LogP contribution in [0.15, 0.2) is 52.7 Å². The van der Waals surface area contributed by atoms with Gasteiger partial charge >= 0.3 is 16.7 Å². The zero-order chi connectivity index (χ0) is 27.9. The van der Waals surface area contributed by atoms with Gasteiger partial charge < -0.3 is 24.8 Å². The number of aliphatic hydroxyl groups excluding tert-OH is 2. The normalized spacial score (nSPS) is 11.6. The van der Waals surface area contributed by atoms with Crippen LogP contribution in [0.3, 0.4) is 0 Å². The van der Waals surface area contributed by atoms with Gasteiger partial charge in [-0.3, -0.25) is 4.18 Å². The van der Waals surface area contributed by atoms with Crippen LogP contribution >= 0.6 is 11.3 Å². The molecule has 0 spiro atoms. The standard InChI is InChI=1S/C21H20N6O4S.CH4O4S/c1-26-18-19(23-16-7-2-13(20(30)31)12-17(16)22-18)32-21(26)25-24-14-3-5-15(6-4-14)27(8-10-28)9-11-29;1-5-6(2,3)4/h2-7,12,28-29H,8-11H2,1H3;1H3,(H,2,3,4). The second-order valence-corrected chi connectivity index (χ2v) is 9.64. The van der Waals surface area contributed by atoms with E-state index < -0.39 is 16.4 Å². The molecule has 0 atom stereocenters. The van der Waals surface area contributed by atoms with Crippen LogP contribution in [0.5, 0.6) is 0 Å². The molecule has 16 heteroatoms. The lowest BCUT2D eigenvalue weighted by atomic mass is 10.2. The molecule has 38 heavy (non-hydrogen) atoms. The molecule has 4 rings (SSSR count). The number of anilines is 1. The van der Waals surface area contributed by atoms with Crippen LogP contribution in [0.25, 0.3) is 21.5 Å². The number of fused-ring (bicyclic) bond motifs is 2. The maximum atomic E-state index is 11.2. The highest BCUT2D eigenvalue weighted by Crippen LogP contribution is 2.28. The number of carbonyl (C=O) groups is 1. The summed E-state index contributed by atoms with van der Waals surface area (Å²) in [5.74, 6) is -1.01. The molecule has 2 aromatic heterocycles. The molecule has 14 nitrogen and oxygen atoms in total. The van der Waals surface area contributed by atoms with E-state index in [2.05, 4.69) is 24.4 Å². The SMILES string of the molecule is COS(=O)(=O)[O-].C[n+]1c(N=Nc2ccc(N(CCO)CCO)cc2)sc2nc3ccc(C(=O)O)cc3nc21. The number of aryl methyl sites for hydroxylation is 1. The number of rotatable bonds is 9. The highest BCUT2D eigenvalue weighted by Gasteiger charge is 2.20. The quantitative estimate of drug-likeness (QED) is 0.115. The number of thiazole rings is 1. The Bertz CT molecular complexity index is 1550. The van der Waals surface area contributed by atoms with Crippen molar-refractivity contribution in [2.75, 3.05) is 38.3 Å². The van der Waals surface area contributed by atoms with Gasteiger partial charge in [0.05, 0.1) is 32.9 Å². The van der Waals surface area contributed by atoms with Crippen molar-refractivity contribution in [1.82, 2.24) is 9.97 Å². The van der Waals surface area contributed by atoms with Gasteiger partial charge in [-0.1, -0.05) is 10.1 Å². The molecule has 0 bridgehead atoms. The average Bonchev–Trinajstić information content (AvgIpc) is 3.20. The summed E-state index contributed by atoms with van der Waals surface area (Å²) in [5, 5.41) is 36.8. The van der Waals surface area contributed by atoms with Crippen molar-refractivity contribution in [3.63, 3.8) is 0 Å². The number of carboxylic acids is 1. The van der Waals surface area contributed by atoms with E-state index >= 15 is 0 Å². The molecule has 2 heterocycles. The second-order valence-electron chi connectivity index (χ2n) is 7.53. The van der Waals surface area contributed by atoms with E-state index in [1.54, 1.807) is 17.7 Å². The first-order valence-corrected chi connectivity index (χ1v) is 13.0. The number of hydrogen-bond donors (Lipinski definition) is 3. The molecule has 0 radical (unpaired) electrons. The molecular weight excluding hydrogens is 540 g/mol.